The average Bonchev–Trinajstić information content (AvgIpc) is 3.27. The van der Waals surface area contributed by atoms with Gasteiger partial charge >= 0.3 is 5.97 Å². The minimum Gasteiger partial charge on any atom is -0.423 e. The molecule has 2 atom stereocenters. The van der Waals surface area contributed by atoms with Crippen molar-refractivity contribution in [2.45, 2.75) is 18.2 Å². The van der Waals surface area contributed by atoms with E-state index in [1.807, 2.05) is 60.7 Å². The maximum absolute atomic E-state index is 13.3. The quantitative estimate of drug-likeness (QED) is 0.512. The number of rotatable bonds is 3. The number of anilines is 1. The molecule has 5 nitrogen and oxygen atoms in total. The highest BCUT2D eigenvalue weighted by Crippen LogP contribution is 2.48. The van der Waals surface area contributed by atoms with Crippen LogP contribution < -0.4 is 5.06 Å². The Bertz CT molecular complexity index is 1050. The Morgan fingerprint density at radius 3 is 2.29 bits per heavy atom. The lowest BCUT2D eigenvalue weighted by molar-refractivity contribution is -0.180. The molecule has 3 aromatic carbocycles. The van der Waals surface area contributed by atoms with Crippen LogP contribution in [0.1, 0.15) is 32.7 Å². The third-order valence-electron chi connectivity index (χ3n) is 5.18. The number of benzene rings is 3. The van der Waals surface area contributed by atoms with Gasteiger partial charge in [-0.3, -0.25) is 4.79 Å². The van der Waals surface area contributed by atoms with Gasteiger partial charge in [0.15, 0.2) is 5.78 Å². The molecule has 5 heteroatoms. The van der Waals surface area contributed by atoms with E-state index in [1.54, 1.807) is 29.3 Å². The second-order valence-electron chi connectivity index (χ2n) is 6.89. The summed E-state index contributed by atoms with van der Waals surface area (Å²) in [5.41, 5.74) is 2.45. The van der Waals surface area contributed by atoms with Crippen molar-refractivity contribution in [3.05, 3.63) is 102 Å². The van der Waals surface area contributed by atoms with Gasteiger partial charge in [0.2, 0.25) is 0 Å². The number of hydrogen-bond donors (Lipinski definition) is 0. The highest BCUT2D eigenvalue weighted by Gasteiger charge is 2.57. The molecule has 0 aliphatic carbocycles. The van der Waals surface area contributed by atoms with Gasteiger partial charge in [-0.05, 0) is 18.2 Å². The van der Waals surface area contributed by atoms with Crippen LogP contribution in [-0.2, 0) is 15.4 Å². The predicted molar refractivity (Wildman–Crippen MR) is 103 cm³/mol. The topological polar surface area (TPSA) is 55.8 Å². The number of ketones is 1. The monoisotopic (exact) mass is 371 g/mol. The van der Waals surface area contributed by atoms with E-state index >= 15 is 0 Å². The fraction of sp³-hybridized carbons (Fsp3) is 0.130. The van der Waals surface area contributed by atoms with Crippen molar-refractivity contribution in [2.24, 2.45) is 0 Å². The first-order valence-electron chi connectivity index (χ1n) is 9.13. The molecule has 138 valence electrons. The van der Waals surface area contributed by atoms with Crippen LogP contribution in [0.2, 0.25) is 0 Å². The summed E-state index contributed by atoms with van der Waals surface area (Å²) in [6.45, 7) is 0. The Labute approximate surface area is 162 Å². The van der Waals surface area contributed by atoms with E-state index in [1.165, 1.54) is 0 Å². The van der Waals surface area contributed by atoms with E-state index in [0.717, 1.165) is 5.69 Å². The van der Waals surface area contributed by atoms with Crippen molar-refractivity contribution in [1.29, 1.82) is 0 Å². The Balaban J connectivity index is 1.60. The molecule has 0 unspecified atom stereocenters. The molecule has 2 heterocycles. The number of ether oxygens (including phenoxy) is 1. The standard InChI is InChI=1S/C23H17NO4/c25-21(16-9-3-1-4-10-16)20-15-23(28-24(20)17-11-5-2-6-12-17)19-14-8-7-13-18(19)22(26)27-23/h1-14,20H,15H2/t20-,23+/m1/s1. The smallest absolute Gasteiger partial charge is 0.341 e. The van der Waals surface area contributed by atoms with Gasteiger partial charge in [0, 0.05) is 11.1 Å². The average molecular weight is 371 g/mol. The number of carbonyl (C=O) groups excluding carboxylic acids is 2. The van der Waals surface area contributed by atoms with Gasteiger partial charge in [-0.25, -0.2) is 14.7 Å². The summed E-state index contributed by atoms with van der Waals surface area (Å²) in [4.78, 5) is 31.9. The first kappa shape index (κ1) is 16.7. The molecule has 0 radical (unpaired) electrons. The van der Waals surface area contributed by atoms with Crippen LogP contribution in [0.5, 0.6) is 0 Å². The number of carbonyl (C=O) groups is 2. The van der Waals surface area contributed by atoms with Gasteiger partial charge in [0.1, 0.15) is 6.04 Å². The number of hydrogen-bond acceptors (Lipinski definition) is 5. The van der Waals surface area contributed by atoms with E-state index in [9.17, 15) is 9.59 Å². The molecular weight excluding hydrogens is 354 g/mol. The Morgan fingerprint density at radius 1 is 0.893 bits per heavy atom. The molecule has 5 rings (SSSR count). The van der Waals surface area contributed by atoms with Gasteiger partial charge < -0.3 is 4.74 Å². The normalized spacial score (nSPS) is 22.9. The molecule has 1 fully saturated rings. The first-order chi connectivity index (χ1) is 13.7. The maximum Gasteiger partial charge on any atom is 0.341 e. The second-order valence-corrected chi connectivity index (χ2v) is 6.89. The summed E-state index contributed by atoms with van der Waals surface area (Å²) in [5, 5.41) is 1.57. The van der Waals surface area contributed by atoms with Gasteiger partial charge in [-0.2, -0.15) is 0 Å². The van der Waals surface area contributed by atoms with Crippen molar-refractivity contribution < 1.29 is 19.2 Å². The van der Waals surface area contributed by atoms with E-state index in [-0.39, 0.29) is 12.2 Å². The van der Waals surface area contributed by atoms with Crippen molar-refractivity contribution in [2.75, 3.05) is 5.06 Å². The van der Waals surface area contributed by atoms with Crippen LogP contribution >= 0.6 is 0 Å². The zero-order valence-electron chi connectivity index (χ0n) is 14.9. The van der Waals surface area contributed by atoms with Gasteiger partial charge in [0.25, 0.3) is 5.79 Å². The fourth-order valence-corrected chi connectivity index (χ4v) is 3.87. The molecule has 0 saturated carbocycles. The summed E-state index contributed by atoms with van der Waals surface area (Å²) < 4.78 is 5.69. The largest absolute Gasteiger partial charge is 0.423 e. The third kappa shape index (κ3) is 2.52. The Hall–Kier alpha value is -3.44. The SMILES string of the molecule is O=C1O[C@]2(C[C@H](C(=O)c3ccccc3)N(c3ccccc3)O2)c2ccccc21. The molecular formula is C23H17NO4. The number of para-hydroxylation sites is 1. The van der Waals surface area contributed by atoms with Gasteiger partial charge in [0.05, 0.1) is 17.7 Å². The van der Waals surface area contributed by atoms with E-state index in [4.69, 9.17) is 9.57 Å². The number of hydroxylamine groups is 1. The zero-order chi connectivity index (χ0) is 19.1. The van der Waals surface area contributed by atoms with Crippen molar-refractivity contribution >= 4 is 17.4 Å². The molecule has 0 N–H and O–H groups in total. The summed E-state index contributed by atoms with van der Waals surface area (Å²) in [6, 6.07) is 25.0. The predicted octanol–water partition coefficient (Wildman–Crippen LogP) is 4.10. The molecule has 1 saturated heterocycles. The molecule has 3 aromatic rings. The van der Waals surface area contributed by atoms with Crippen LogP contribution in [-0.4, -0.2) is 17.8 Å². The molecule has 0 aromatic heterocycles. The Morgan fingerprint density at radius 2 is 1.54 bits per heavy atom. The maximum atomic E-state index is 13.3. The van der Waals surface area contributed by atoms with Gasteiger partial charge in [-0.1, -0.05) is 66.7 Å². The van der Waals surface area contributed by atoms with Crippen molar-refractivity contribution in [3.63, 3.8) is 0 Å². The van der Waals surface area contributed by atoms with Crippen molar-refractivity contribution in [3.8, 4) is 0 Å². The zero-order valence-corrected chi connectivity index (χ0v) is 14.9. The number of nitrogens with zero attached hydrogens (tertiary/aromatic N) is 1. The lowest BCUT2D eigenvalue weighted by Crippen LogP contribution is -2.35. The molecule has 0 amide bonds. The summed E-state index contributed by atoms with van der Waals surface area (Å²) in [5.74, 6) is -1.81. The van der Waals surface area contributed by atoms with Crippen LogP contribution in [0.25, 0.3) is 0 Å². The minimum atomic E-state index is -1.29. The molecule has 2 aliphatic heterocycles. The molecule has 2 aliphatic rings. The summed E-state index contributed by atoms with van der Waals surface area (Å²) in [7, 11) is 0. The van der Waals surface area contributed by atoms with E-state index < -0.39 is 17.8 Å². The van der Waals surface area contributed by atoms with Crippen LogP contribution in [0.15, 0.2) is 84.9 Å². The van der Waals surface area contributed by atoms with Crippen molar-refractivity contribution in [1.82, 2.24) is 0 Å². The van der Waals surface area contributed by atoms with E-state index in [2.05, 4.69) is 0 Å². The fourth-order valence-electron chi connectivity index (χ4n) is 3.87. The van der Waals surface area contributed by atoms with Gasteiger partial charge in [-0.15, -0.1) is 0 Å². The summed E-state index contributed by atoms with van der Waals surface area (Å²) in [6.07, 6.45) is 0.221. The lowest BCUT2D eigenvalue weighted by Gasteiger charge is -2.25. The second kappa shape index (κ2) is 6.32. The van der Waals surface area contributed by atoms with Crippen LogP contribution in [0.4, 0.5) is 5.69 Å². The third-order valence-corrected chi connectivity index (χ3v) is 5.18. The highest BCUT2D eigenvalue weighted by atomic mass is 16.8. The highest BCUT2D eigenvalue weighted by molar-refractivity contribution is 6.02. The molecule has 0 bridgehead atoms. The Kier molecular flexibility index (Phi) is 3.77. The number of Topliss-reactive ketones (excluding diaryl/α,β-unsaturated/α-hetero) is 1. The minimum absolute atomic E-state index is 0.0817. The molecule has 1 spiro atoms. The number of fused-ring (bicyclic) bond motifs is 2. The lowest BCUT2D eigenvalue weighted by atomic mass is 9.93. The van der Waals surface area contributed by atoms with E-state index in [0.29, 0.717) is 16.7 Å². The summed E-state index contributed by atoms with van der Waals surface area (Å²) >= 11 is 0. The first-order valence-corrected chi connectivity index (χ1v) is 9.13. The number of esters is 1. The van der Waals surface area contributed by atoms with Crippen LogP contribution in [0.3, 0.4) is 0 Å². The molecule has 28 heavy (non-hydrogen) atoms. The van der Waals surface area contributed by atoms with Crippen LogP contribution in [0, 0.1) is 0 Å².